The van der Waals surface area contributed by atoms with Crippen LogP contribution in [-0.2, 0) is 24.5 Å². The minimum absolute atomic E-state index is 0.156. The Kier molecular flexibility index (Phi) is 5.58. The number of carbonyl (C=O) groups excluding carboxylic acids is 1. The molecule has 0 unspecified atom stereocenters. The smallest absolute Gasteiger partial charge is 0.271 e. The number of nitrogens with one attached hydrogen (secondary N) is 1. The number of hydrogen-bond donors (Lipinski definition) is 2. The fourth-order valence-electron chi connectivity index (χ4n) is 4.15. The van der Waals surface area contributed by atoms with Crippen LogP contribution in [0.4, 0.5) is 14.6 Å². The Labute approximate surface area is 198 Å². The van der Waals surface area contributed by atoms with Gasteiger partial charge in [-0.3, -0.25) is 4.79 Å². The molecule has 9 nitrogen and oxygen atoms in total. The second-order valence-corrected chi connectivity index (χ2v) is 8.14. The number of hydrogen-bond acceptors (Lipinski definition) is 7. The van der Waals surface area contributed by atoms with Gasteiger partial charge in [-0.15, -0.1) is 0 Å². The van der Waals surface area contributed by atoms with E-state index in [0.717, 1.165) is 23.3 Å². The van der Waals surface area contributed by atoms with Crippen molar-refractivity contribution < 1.29 is 18.3 Å². The zero-order chi connectivity index (χ0) is 24.7. The van der Waals surface area contributed by atoms with Gasteiger partial charge in [-0.1, -0.05) is 0 Å². The summed E-state index contributed by atoms with van der Waals surface area (Å²) >= 11 is 0. The first-order valence-electron chi connectivity index (χ1n) is 10.7. The molecule has 0 spiro atoms. The number of amides is 1. The Bertz CT molecular complexity index is 1470. The first-order chi connectivity index (χ1) is 16.9. The molecule has 0 radical (unpaired) electrons. The largest absolute Gasteiger partial charge is 0.383 e. The zero-order valence-corrected chi connectivity index (χ0v) is 18.5. The fraction of sp³-hybridized carbons (Fsp3) is 0.208. The third kappa shape index (κ3) is 3.94. The highest BCUT2D eigenvalue weighted by molar-refractivity contribution is 5.98. The van der Waals surface area contributed by atoms with Crippen LogP contribution >= 0.6 is 0 Å². The van der Waals surface area contributed by atoms with E-state index in [2.05, 4.69) is 19.9 Å². The highest BCUT2D eigenvalue weighted by atomic mass is 19.1. The van der Waals surface area contributed by atoms with E-state index in [-0.39, 0.29) is 16.8 Å². The van der Waals surface area contributed by atoms with E-state index >= 15 is 0 Å². The van der Waals surface area contributed by atoms with Gasteiger partial charge >= 0.3 is 0 Å². The highest BCUT2D eigenvalue weighted by Gasteiger charge is 2.29. The van der Waals surface area contributed by atoms with Gasteiger partial charge in [-0.05, 0) is 31.2 Å². The summed E-state index contributed by atoms with van der Waals surface area (Å²) in [5.41, 5.74) is 8.38. The van der Waals surface area contributed by atoms with E-state index in [1.165, 1.54) is 17.3 Å². The molecule has 0 saturated heterocycles. The molecular formula is C24H19F2N7O2. The second-order valence-electron chi connectivity index (χ2n) is 8.14. The second kappa shape index (κ2) is 8.73. The normalized spacial score (nSPS) is 13.4. The number of aromatic amines is 1. The number of carbonyl (C=O) groups is 1. The molecule has 1 aromatic carbocycles. The van der Waals surface area contributed by atoms with Crippen molar-refractivity contribution in [2.75, 3.05) is 5.73 Å². The lowest BCUT2D eigenvalue weighted by Crippen LogP contribution is -2.35. The minimum atomic E-state index is -0.929. The van der Waals surface area contributed by atoms with Gasteiger partial charge in [0.2, 0.25) is 0 Å². The number of anilines is 1. The standard InChI is InChI=1S/C24H19F2N7O2/c1-12(23-29-3-2-4-30-23)33(9-14-17(25)5-13(8-27)6-18(14)26)24(34)20-7-19-21(31-20)15-10-35-11-16(15)22(28)32-19/h2-7,12,31H,9-11H2,1H3,(H2,28,32)/t12-/m1/s1. The average Bonchev–Trinajstić information content (AvgIpc) is 3.51. The number of benzene rings is 1. The minimum Gasteiger partial charge on any atom is -0.383 e. The van der Waals surface area contributed by atoms with Crippen LogP contribution < -0.4 is 5.73 Å². The average molecular weight is 475 g/mol. The molecule has 4 heterocycles. The van der Waals surface area contributed by atoms with Gasteiger partial charge in [0.15, 0.2) is 0 Å². The van der Waals surface area contributed by atoms with Gasteiger partial charge in [0.05, 0.1) is 48.5 Å². The molecule has 1 aliphatic heterocycles. The van der Waals surface area contributed by atoms with Crippen LogP contribution in [0.25, 0.3) is 11.0 Å². The van der Waals surface area contributed by atoms with Crippen LogP contribution in [0.5, 0.6) is 0 Å². The van der Waals surface area contributed by atoms with Crippen LogP contribution in [0.3, 0.4) is 0 Å². The maximum absolute atomic E-state index is 14.7. The molecule has 176 valence electrons. The predicted molar refractivity (Wildman–Crippen MR) is 120 cm³/mol. The van der Waals surface area contributed by atoms with Crippen LogP contribution in [0, 0.1) is 23.0 Å². The molecular weight excluding hydrogens is 456 g/mol. The SMILES string of the molecule is C[C@H](c1ncccn1)N(Cc1c(F)cc(C#N)cc1F)C(=O)c1cc2nc(N)c3c(c2[nH]1)COC3. The number of aromatic nitrogens is 4. The van der Waals surface area contributed by atoms with Crippen molar-refractivity contribution in [3.05, 3.63) is 82.1 Å². The first kappa shape index (κ1) is 22.4. The number of H-pyrrole nitrogens is 1. The van der Waals surface area contributed by atoms with E-state index in [1.807, 2.05) is 0 Å². The van der Waals surface area contributed by atoms with E-state index in [1.54, 1.807) is 25.1 Å². The molecule has 0 bridgehead atoms. The third-order valence-corrected chi connectivity index (χ3v) is 6.02. The van der Waals surface area contributed by atoms with Crippen LogP contribution in [0.15, 0.2) is 36.7 Å². The van der Waals surface area contributed by atoms with Crippen molar-refractivity contribution >= 4 is 22.8 Å². The molecule has 0 aliphatic carbocycles. The molecule has 3 N–H and O–H groups in total. The van der Waals surface area contributed by atoms with Crippen molar-refractivity contribution in [3.63, 3.8) is 0 Å². The first-order valence-corrected chi connectivity index (χ1v) is 10.7. The molecule has 4 aromatic rings. The molecule has 0 fully saturated rings. The van der Waals surface area contributed by atoms with Gasteiger partial charge in [-0.2, -0.15) is 5.26 Å². The maximum Gasteiger partial charge on any atom is 0.271 e. The number of halogens is 2. The van der Waals surface area contributed by atoms with Crippen molar-refractivity contribution in [1.29, 1.82) is 5.26 Å². The number of nitrogen functional groups attached to an aromatic ring is 1. The summed E-state index contributed by atoms with van der Waals surface area (Å²) in [4.78, 5) is 30.8. The van der Waals surface area contributed by atoms with E-state index < -0.39 is 30.1 Å². The molecule has 35 heavy (non-hydrogen) atoms. The van der Waals surface area contributed by atoms with Crippen molar-refractivity contribution in [1.82, 2.24) is 24.8 Å². The van der Waals surface area contributed by atoms with Gasteiger partial charge in [0, 0.05) is 29.1 Å². The summed E-state index contributed by atoms with van der Waals surface area (Å²) in [5, 5.41) is 9.00. The number of nitriles is 1. The molecule has 1 atom stereocenters. The summed E-state index contributed by atoms with van der Waals surface area (Å²) in [6.07, 6.45) is 3.03. The monoisotopic (exact) mass is 475 g/mol. The molecule has 5 rings (SSSR count). The van der Waals surface area contributed by atoms with Gasteiger partial charge < -0.3 is 20.4 Å². The lowest BCUT2D eigenvalue weighted by Gasteiger charge is -2.28. The summed E-state index contributed by atoms with van der Waals surface area (Å²) in [5.74, 6) is -1.78. The predicted octanol–water partition coefficient (Wildman–Crippen LogP) is 3.52. The number of pyridine rings is 1. The van der Waals surface area contributed by atoms with Crippen molar-refractivity contribution in [2.24, 2.45) is 0 Å². The lowest BCUT2D eigenvalue weighted by molar-refractivity contribution is 0.0656. The molecule has 3 aromatic heterocycles. The quantitative estimate of drug-likeness (QED) is 0.451. The third-order valence-electron chi connectivity index (χ3n) is 6.02. The van der Waals surface area contributed by atoms with E-state index in [0.29, 0.717) is 35.9 Å². The molecule has 0 saturated carbocycles. The highest BCUT2D eigenvalue weighted by Crippen LogP contribution is 2.32. The number of rotatable bonds is 5. The molecule has 1 aliphatic rings. The molecule has 11 heteroatoms. The zero-order valence-electron chi connectivity index (χ0n) is 18.5. The van der Waals surface area contributed by atoms with Crippen LogP contribution in [-0.4, -0.2) is 30.7 Å². The summed E-state index contributed by atoms with van der Waals surface area (Å²) in [6, 6.07) is 6.01. The van der Waals surface area contributed by atoms with Gasteiger partial charge in [-0.25, -0.2) is 23.7 Å². The van der Waals surface area contributed by atoms with Crippen molar-refractivity contribution in [3.8, 4) is 6.07 Å². The number of fused-ring (bicyclic) bond motifs is 3. The summed E-state index contributed by atoms with van der Waals surface area (Å²) < 4.78 is 35.0. The Morgan fingerprint density at radius 3 is 2.60 bits per heavy atom. The topological polar surface area (TPSA) is 134 Å². The summed E-state index contributed by atoms with van der Waals surface area (Å²) in [7, 11) is 0. The van der Waals surface area contributed by atoms with E-state index in [9.17, 15) is 13.6 Å². The Balaban J connectivity index is 1.58. The van der Waals surface area contributed by atoms with Crippen molar-refractivity contribution in [2.45, 2.75) is 32.7 Å². The Hall–Kier alpha value is -4.43. The van der Waals surface area contributed by atoms with Crippen LogP contribution in [0.1, 0.15) is 51.5 Å². The Morgan fingerprint density at radius 1 is 1.23 bits per heavy atom. The van der Waals surface area contributed by atoms with Gasteiger partial charge in [0.25, 0.3) is 5.91 Å². The fourth-order valence-corrected chi connectivity index (χ4v) is 4.15. The number of nitrogens with zero attached hydrogens (tertiary/aromatic N) is 5. The van der Waals surface area contributed by atoms with Crippen LogP contribution in [0.2, 0.25) is 0 Å². The number of nitrogens with two attached hydrogens (primary N) is 1. The maximum atomic E-state index is 14.7. The number of ether oxygens (including phenoxy) is 1. The Morgan fingerprint density at radius 2 is 1.91 bits per heavy atom. The van der Waals surface area contributed by atoms with E-state index in [4.69, 9.17) is 15.7 Å². The molecule has 1 amide bonds. The summed E-state index contributed by atoms with van der Waals surface area (Å²) in [6.45, 7) is 1.90. The lowest BCUT2D eigenvalue weighted by atomic mass is 10.1. The van der Waals surface area contributed by atoms with Gasteiger partial charge in [0.1, 0.15) is 29.0 Å².